The molecular weight excluding hydrogens is 396 g/mol. The third-order valence-electron chi connectivity index (χ3n) is 4.19. The molecule has 0 aromatic carbocycles. The molecule has 1 fully saturated rings. The Morgan fingerprint density at radius 2 is 0.828 bits per heavy atom. The van der Waals surface area contributed by atoms with Crippen molar-refractivity contribution in [2.75, 3.05) is 55.6 Å². The van der Waals surface area contributed by atoms with Crippen LogP contribution in [-0.2, 0) is 57.1 Å². The molecule has 12 nitrogen and oxygen atoms in total. The molecule has 1 saturated carbocycles. The number of methoxy groups -OCH3 is 4. The van der Waals surface area contributed by atoms with Crippen LogP contribution in [0.1, 0.15) is 6.42 Å². The van der Waals surface area contributed by atoms with Crippen molar-refractivity contribution >= 4 is 23.9 Å². The van der Waals surface area contributed by atoms with Crippen molar-refractivity contribution in [3.8, 4) is 0 Å². The molecule has 0 heterocycles. The summed E-state index contributed by atoms with van der Waals surface area (Å²) < 4.78 is 38.5. The maximum Gasteiger partial charge on any atom is 0.312 e. The Balaban J connectivity index is 3.22. The molecule has 0 spiro atoms. The molecule has 0 saturated heterocycles. The maximum absolute atomic E-state index is 12.6. The Morgan fingerprint density at radius 1 is 0.552 bits per heavy atom. The van der Waals surface area contributed by atoms with Gasteiger partial charge in [0.25, 0.3) is 0 Å². The molecule has 1 aliphatic rings. The SMILES string of the molecule is COCOC(=O)C1CC(C(=O)OCOC)C(C(=O)OCOC)C1C(=O)OCOC. The normalized spacial score (nSPS) is 23.3. The number of ether oxygens (including phenoxy) is 8. The quantitative estimate of drug-likeness (QED) is 0.226. The minimum Gasteiger partial charge on any atom is -0.438 e. The Morgan fingerprint density at radius 3 is 1.10 bits per heavy atom. The molecule has 0 N–H and O–H groups in total. The van der Waals surface area contributed by atoms with Gasteiger partial charge in [0.05, 0.1) is 23.7 Å². The molecule has 0 radical (unpaired) electrons. The molecule has 166 valence electrons. The van der Waals surface area contributed by atoms with Gasteiger partial charge in [-0.3, -0.25) is 19.2 Å². The van der Waals surface area contributed by atoms with E-state index < -0.39 is 61.1 Å². The number of hydrogen-bond donors (Lipinski definition) is 0. The molecule has 0 aromatic rings. The third-order valence-corrected chi connectivity index (χ3v) is 4.19. The summed E-state index contributed by atoms with van der Waals surface area (Å²) in [7, 11) is 5.20. The van der Waals surface area contributed by atoms with Gasteiger partial charge in [-0.05, 0) is 6.42 Å². The summed E-state index contributed by atoms with van der Waals surface area (Å²) in [4.78, 5) is 50.1. The van der Waals surface area contributed by atoms with E-state index in [0.29, 0.717) is 0 Å². The first-order valence-electron chi connectivity index (χ1n) is 8.55. The van der Waals surface area contributed by atoms with Crippen LogP contribution in [0.3, 0.4) is 0 Å². The summed E-state index contributed by atoms with van der Waals surface area (Å²) in [5.74, 6) is -8.59. The monoisotopic (exact) mass is 422 g/mol. The molecule has 4 unspecified atom stereocenters. The molecule has 12 heteroatoms. The van der Waals surface area contributed by atoms with Gasteiger partial charge >= 0.3 is 23.9 Å². The topological polar surface area (TPSA) is 142 Å². The van der Waals surface area contributed by atoms with E-state index in [1.165, 1.54) is 28.4 Å². The average Bonchev–Trinajstić information content (AvgIpc) is 3.13. The molecule has 0 aliphatic heterocycles. The Kier molecular flexibility index (Phi) is 11.1. The van der Waals surface area contributed by atoms with Gasteiger partial charge in [-0.2, -0.15) is 0 Å². The van der Waals surface area contributed by atoms with Gasteiger partial charge in [0.15, 0.2) is 27.2 Å². The lowest BCUT2D eigenvalue weighted by Crippen LogP contribution is -2.39. The summed E-state index contributed by atoms with van der Waals surface area (Å²) in [6, 6.07) is 0. The van der Waals surface area contributed by atoms with Crippen molar-refractivity contribution in [2.24, 2.45) is 23.7 Å². The second-order valence-electron chi connectivity index (χ2n) is 5.98. The first-order chi connectivity index (χ1) is 13.9. The second kappa shape index (κ2) is 13.0. The van der Waals surface area contributed by atoms with E-state index in [2.05, 4.69) is 0 Å². The zero-order valence-corrected chi connectivity index (χ0v) is 16.7. The highest BCUT2D eigenvalue weighted by atomic mass is 16.7. The average molecular weight is 422 g/mol. The fourth-order valence-corrected chi connectivity index (χ4v) is 3.05. The minimum absolute atomic E-state index is 0.204. The summed E-state index contributed by atoms with van der Waals surface area (Å²) in [6.45, 7) is -1.55. The van der Waals surface area contributed by atoms with Crippen molar-refractivity contribution in [3.05, 3.63) is 0 Å². The van der Waals surface area contributed by atoms with E-state index in [4.69, 9.17) is 37.9 Å². The van der Waals surface area contributed by atoms with E-state index in [1.54, 1.807) is 0 Å². The van der Waals surface area contributed by atoms with E-state index in [9.17, 15) is 19.2 Å². The van der Waals surface area contributed by atoms with Crippen molar-refractivity contribution in [3.63, 3.8) is 0 Å². The molecule has 1 rings (SSSR count). The Labute approximate surface area is 167 Å². The maximum atomic E-state index is 12.6. The van der Waals surface area contributed by atoms with Crippen molar-refractivity contribution < 1.29 is 57.1 Å². The van der Waals surface area contributed by atoms with Crippen molar-refractivity contribution in [1.82, 2.24) is 0 Å². The van der Waals surface area contributed by atoms with Gasteiger partial charge in [-0.25, -0.2) is 0 Å². The fraction of sp³-hybridized carbons (Fsp3) is 0.765. The molecule has 0 bridgehead atoms. The predicted molar refractivity (Wildman–Crippen MR) is 90.4 cm³/mol. The summed E-state index contributed by atoms with van der Waals surface area (Å²) in [5.41, 5.74) is 0. The van der Waals surface area contributed by atoms with Crippen molar-refractivity contribution in [2.45, 2.75) is 6.42 Å². The largest absolute Gasteiger partial charge is 0.438 e. The van der Waals surface area contributed by atoms with Gasteiger partial charge in [-0.1, -0.05) is 0 Å². The van der Waals surface area contributed by atoms with Gasteiger partial charge < -0.3 is 37.9 Å². The first-order valence-corrected chi connectivity index (χ1v) is 8.55. The summed E-state index contributed by atoms with van der Waals surface area (Å²) in [5, 5.41) is 0. The Bertz CT molecular complexity index is 515. The standard InChI is InChI=1S/C17H26O12/c1-22-6-26-14(18)10-5-11(15(19)27-7-23-2)13(17(21)29-9-25-4)12(10)16(20)28-8-24-3/h10-13H,5-9H2,1-4H3. The lowest BCUT2D eigenvalue weighted by atomic mass is 9.86. The smallest absolute Gasteiger partial charge is 0.312 e. The lowest BCUT2D eigenvalue weighted by molar-refractivity contribution is -0.179. The van der Waals surface area contributed by atoms with E-state index in [0.717, 1.165) is 0 Å². The van der Waals surface area contributed by atoms with Gasteiger partial charge in [0.1, 0.15) is 0 Å². The number of carbonyl (C=O) groups excluding carboxylic acids is 4. The highest BCUT2D eigenvalue weighted by Crippen LogP contribution is 2.44. The highest BCUT2D eigenvalue weighted by Gasteiger charge is 2.58. The van der Waals surface area contributed by atoms with E-state index >= 15 is 0 Å². The van der Waals surface area contributed by atoms with Crippen LogP contribution in [0.5, 0.6) is 0 Å². The van der Waals surface area contributed by atoms with E-state index in [-0.39, 0.29) is 20.0 Å². The molecular formula is C17H26O12. The van der Waals surface area contributed by atoms with Crippen molar-refractivity contribution in [1.29, 1.82) is 0 Å². The van der Waals surface area contributed by atoms with E-state index in [1.807, 2.05) is 0 Å². The lowest BCUT2D eigenvalue weighted by Gasteiger charge is -2.22. The Hall–Kier alpha value is -2.28. The number of esters is 4. The molecule has 29 heavy (non-hydrogen) atoms. The number of carbonyl (C=O) groups is 4. The number of rotatable bonds is 12. The summed E-state index contributed by atoms with van der Waals surface area (Å²) in [6.07, 6.45) is -0.204. The van der Waals surface area contributed by atoms with Crippen LogP contribution in [0.15, 0.2) is 0 Å². The van der Waals surface area contributed by atoms with Crippen LogP contribution < -0.4 is 0 Å². The second-order valence-corrected chi connectivity index (χ2v) is 5.98. The van der Waals surface area contributed by atoms with Crippen LogP contribution >= 0.6 is 0 Å². The molecule has 4 atom stereocenters. The third kappa shape index (κ3) is 6.92. The van der Waals surface area contributed by atoms with Crippen LogP contribution in [0, 0.1) is 23.7 Å². The summed E-state index contributed by atoms with van der Waals surface area (Å²) >= 11 is 0. The molecule has 1 aliphatic carbocycles. The van der Waals surface area contributed by atoms with Gasteiger partial charge in [0, 0.05) is 28.4 Å². The van der Waals surface area contributed by atoms with Crippen LogP contribution in [-0.4, -0.2) is 79.5 Å². The zero-order valence-electron chi connectivity index (χ0n) is 16.7. The zero-order chi connectivity index (χ0) is 21.8. The van der Waals surface area contributed by atoms with Crippen LogP contribution in [0.25, 0.3) is 0 Å². The highest BCUT2D eigenvalue weighted by molar-refractivity contribution is 5.92. The van der Waals surface area contributed by atoms with Gasteiger partial charge in [0.2, 0.25) is 0 Å². The molecule has 0 amide bonds. The minimum atomic E-state index is -1.36. The van der Waals surface area contributed by atoms with Crippen LogP contribution in [0.4, 0.5) is 0 Å². The fourth-order valence-electron chi connectivity index (χ4n) is 3.05. The first kappa shape index (κ1) is 24.8. The van der Waals surface area contributed by atoms with Crippen LogP contribution in [0.2, 0.25) is 0 Å². The van der Waals surface area contributed by atoms with Gasteiger partial charge in [-0.15, -0.1) is 0 Å². The molecule has 0 aromatic heterocycles. The predicted octanol–water partition coefficient (Wildman–Crippen LogP) is -0.557. The number of hydrogen-bond acceptors (Lipinski definition) is 12.